The summed E-state index contributed by atoms with van der Waals surface area (Å²) in [4.78, 5) is 11.9. The zero-order valence-electron chi connectivity index (χ0n) is 16.5. The van der Waals surface area contributed by atoms with Crippen molar-refractivity contribution in [2.24, 2.45) is 15.5 Å². The molecule has 0 spiro atoms. The fourth-order valence-corrected chi connectivity index (χ4v) is 4.10. The summed E-state index contributed by atoms with van der Waals surface area (Å²) in [6, 6.07) is 5.30. The number of hydrogen-bond donors (Lipinski definition) is 1. The number of fused-ring (bicyclic) bond motifs is 1. The fourth-order valence-electron chi connectivity index (χ4n) is 3.01. The highest BCUT2D eigenvalue weighted by Gasteiger charge is 2.25. The van der Waals surface area contributed by atoms with Crippen molar-refractivity contribution < 1.29 is 17.9 Å². The van der Waals surface area contributed by atoms with Gasteiger partial charge in [-0.3, -0.25) is 4.79 Å². The van der Waals surface area contributed by atoms with Crippen molar-refractivity contribution in [1.29, 1.82) is 0 Å². The third kappa shape index (κ3) is 6.34. The standard InChI is InChI=1S/C20H30N2O4S/c1-20(2,3)17(23)12-7-5-4-6-8-13-26-16-11-9-10-15-14-27(24,25)22-19(21)18(15)16/h9-11H,4-8,12-14H2,1-3H3,(H2,21,22). The second-order valence-corrected chi connectivity index (χ2v) is 9.67. The summed E-state index contributed by atoms with van der Waals surface area (Å²) >= 11 is 0. The molecule has 0 saturated heterocycles. The Labute approximate surface area is 162 Å². The van der Waals surface area contributed by atoms with Gasteiger partial charge in [0.15, 0.2) is 0 Å². The first kappa shape index (κ1) is 21.4. The van der Waals surface area contributed by atoms with Crippen LogP contribution in [0, 0.1) is 5.41 Å². The predicted molar refractivity (Wildman–Crippen MR) is 107 cm³/mol. The molecule has 1 aromatic rings. The molecule has 6 nitrogen and oxygen atoms in total. The molecule has 0 fully saturated rings. The van der Waals surface area contributed by atoms with Crippen LogP contribution in [0.25, 0.3) is 0 Å². The highest BCUT2D eigenvalue weighted by Crippen LogP contribution is 2.28. The van der Waals surface area contributed by atoms with E-state index >= 15 is 0 Å². The minimum Gasteiger partial charge on any atom is -0.493 e. The van der Waals surface area contributed by atoms with Gasteiger partial charge in [0, 0.05) is 11.8 Å². The van der Waals surface area contributed by atoms with Crippen molar-refractivity contribution in [3.63, 3.8) is 0 Å². The molecule has 1 aliphatic heterocycles. The molecule has 0 radical (unpaired) electrons. The average Bonchev–Trinajstić information content (AvgIpc) is 2.54. The molecule has 0 amide bonds. The molecule has 27 heavy (non-hydrogen) atoms. The Hall–Kier alpha value is -1.89. The molecule has 0 saturated carbocycles. The third-order valence-corrected chi connectivity index (χ3v) is 5.74. The molecule has 150 valence electrons. The predicted octanol–water partition coefficient (Wildman–Crippen LogP) is 3.57. The molecule has 0 bridgehead atoms. The molecule has 0 aliphatic carbocycles. The number of nitrogens with zero attached hydrogens (tertiary/aromatic N) is 1. The highest BCUT2D eigenvalue weighted by molar-refractivity contribution is 7.89. The number of carbonyl (C=O) groups excluding carboxylic acids is 1. The molecule has 1 aliphatic rings. The first-order valence-corrected chi connectivity index (χ1v) is 11.1. The van der Waals surface area contributed by atoms with Gasteiger partial charge in [-0.05, 0) is 24.5 Å². The van der Waals surface area contributed by atoms with Crippen LogP contribution >= 0.6 is 0 Å². The van der Waals surface area contributed by atoms with E-state index in [2.05, 4.69) is 4.40 Å². The second kappa shape index (κ2) is 8.87. The Balaban J connectivity index is 1.73. The summed E-state index contributed by atoms with van der Waals surface area (Å²) in [5, 5.41) is 0. The molecule has 1 heterocycles. The number of sulfonamides is 1. The maximum atomic E-state index is 11.9. The van der Waals surface area contributed by atoms with E-state index in [9.17, 15) is 13.2 Å². The van der Waals surface area contributed by atoms with E-state index in [0.29, 0.717) is 35.7 Å². The number of Topliss-reactive ketones (excluding diaryl/α,β-unsaturated/α-hetero) is 1. The third-order valence-electron chi connectivity index (χ3n) is 4.59. The molecule has 2 rings (SSSR count). The van der Waals surface area contributed by atoms with Gasteiger partial charge in [-0.25, -0.2) is 8.42 Å². The van der Waals surface area contributed by atoms with E-state index in [4.69, 9.17) is 10.5 Å². The fraction of sp³-hybridized carbons (Fsp3) is 0.600. The van der Waals surface area contributed by atoms with Crippen molar-refractivity contribution in [2.75, 3.05) is 6.61 Å². The first-order chi connectivity index (χ1) is 12.6. The number of hydrogen-bond acceptors (Lipinski definition) is 5. The number of rotatable bonds is 9. The summed E-state index contributed by atoms with van der Waals surface area (Å²) in [7, 11) is -3.53. The number of amidine groups is 1. The lowest BCUT2D eigenvalue weighted by Crippen LogP contribution is -2.24. The Morgan fingerprint density at radius 2 is 1.81 bits per heavy atom. The first-order valence-electron chi connectivity index (χ1n) is 9.46. The zero-order valence-corrected chi connectivity index (χ0v) is 17.3. The van der Waals surface area contributed by atoms with Gasteiger partial charge in [0.25, 0.3) is 10.0 Å². The topological polar surface area (TPSA) is 98.8 Å². The number of ketones is 1. The number of nitrogens with two attached hydrogens (primary N) is 1. The second-order valence-electron chi connectivity index (χ2n) is 8.03. The van der Waals surface area contributed by atoms with E-state index in [1.165, 1.54) is 0 Å². The largest absolute Gasteiger partial charge is 0.493 e. The van der Waals surface area contributed by atoms with Crippen LogP contribution in [0.1, 0.15) is 70.4 Å². The van der Waals surface area contributed by atoms with Gasteiger partial charge in [0.05, 0.1) is 17.9 Å². The Morgan fingerprint density at radius 1 is 1.15 bits per heavy atom. The van der Waals surface area contributed by atoms with Crippen LogP contribution in [0.4, 0.5) is 0 Å². The van der Waals surface area contributed by atoms with Crippen LogP contribution < -0.4 is 10.5 Å². The van der Waals surface area contributed by atoms with Crippen molar-refractivity contribution in [1.82, 2.24) is 0 Å². The number of carbonyl (C=O) groups is 1. The van der Waals surface area contributed by atoms with Crippen LogP contribution in [0.2, 0.25) is 0 Å². The highest BCUT2D eigenvalue weighted by atomic mass is 32.2. The molecule has 0 aromatic heterocycles. The van der Waals surface area contributed by atoms with Gasteiger partial charge < -0.3 is 10.5 Å². The Kier molecular flexibility index (Phi) is 7.03. The van der Waals surface area contributed by atoms with Gasteiger partial charge in [-0.15, -0.1) is 4.40 Å². The monoisotopic (exact) mass is 394 g/mol. The molecular formula is C20H30N2O4S. The number of unbranched alkanes of at least 4 members (excludes halogenated alkanes) is 4. The van der Waals surface area contributed by atoms with Crippen LogP contribution in [-0.4, -0.2) is 26.6 Å². The summed E-state index contributed by atoms with van der Waals surface area (Å²) in [6.07, 6.45) is 5.61. The lowest BCUT2D eigenvalue weighted by Gasteiger charge is -2.18. The molecular weight excluding hydrogens is 364 g/mol. The smallest absolute Gasteiger partial charge is 0.259 e. The molecule has 7 heteroatoms. The van der Waals surface area contributed by atoms with Gasteiger partial charge in [0.2, 0.25) is 0 Å². The zero-order chi connectivity index (χ0) is 20.1. The summed E-state index contributed by atoms with van der Waals surface area (Å²) in [6.45, 7) is 6.42. The maximum absolute atomic E-state index is 11.9. The lowest BCUT2D eigenvalue weighted by molar-refractivity contribution is -0.126. The normalized spacial score (nSPS) is 15.7. The Bertz CT molecular complexity index is 808. The number of ether oxygens (including phenoxy) is 1. The molecule has 0 unspecified atom stereocenters. The van der Waals surface area contributed by atoms with Gasteiger partial charge in [0.1, 0.15) is 17.4 Å². The van der Waals surface area contributed by atoms with Gasteiger partial charge in [-0.2, -0.15) is 0 Å². The maximum Gasteiger partial charge on any atom is 0.259 e. The van der Waals surface area contributed by atoms with Crippen LogP contribution in [0.5, 0.6) is 5.75 Å². The van der Waals surface area contributed by atoms with Crippen LogP contribution in [0.3, 0.4) is 0 Å². The summed E-state index contributed by atoms with van der Waals surface area (Å²) in [5.74, 6) is 0.754. The number of benzene rings is 1. The van der Waals surface area contributed by atoms with E-state index < -0.39 is 10.0 Å². The molecule has 2 N–H and O–H groups in total. The quantitative estimate of drug-likeness (QED) is 0.646. The lowest BCUT2D eigenvalue weighted by atomic mass is 9.88. The van der Waals surface area contributed by atoms with E-state index in [1.54, 1.807) is 18.2 Å². The van der Waals surface area contributed by atoms with Gasteiger partial charge in [-0.1, -0.05) is 52.2 Å². The summed E-state index contributed by atoms with van der Waals surface area (Å²) < 4.78 is 32.8. The summed E-state index contributed by atoms with van der Waals surface area (Å²) in [5.41, 5.74) is 6.80. The minimum atomic E-state index is -3.53. The minimum absolute atomic E-state index is 0.00429. The molecule has 1 aromatic carbocycles. The average molecular weight is 395 g/mol. The van der Waals surface area contributed by atoms with Crippen molar-refractivity contribution in [2.45, 2.75) is 65.0 Å². The van der Waals surface area contributed by atoms with E-state index in [0.717, 1.165) is 32.1 Å². The molecule has 0 atom stereocenters. The van der Waals surface area contributed by atoms with Crippen LogP contribution in [0.15, 0.2) is 22.6 Å². The van der Waals surface area contributed by atoms with Crippen LogP contribution in [-0.2, 0) is 20.6 Å². The van der Waals surface area contributed by atoms with Gasteiger partial charge >= 0.3 is 0 Å². The van der Waals surface area contributed by atoms with E-state index in [-0.39, 0.29) is 17.0 Å². The van der Waals surface area contributed by atoms with Crippen molar-refractivity contribution in [3.8, 4) is 5.75 Å². The van der Waals surface area contributed by atoms with Crippen molar-refractivity contribution >= 4 is 21.6 Å². The Morgan fingerprint density at radius 3 is 2.52 bits per heavy atom. The SMILES string of the molecule is CC(C)(C)C(=O)CCCCCCCOc1cccc2c1C(N)=NS(=O)(=O)C2. The van der Waals surface area contributed by atoms with E-state index in [1.807, 2.05) is 20.8 Å². The van der Waals surface area contributed by atoms with Crippen molar-refractivity contribution in [3.05, 3.63) is 29.3 Å².